The summed E-state index contributed by atoms with van der Waals surface area (Å²) in [5.74, 6) is 0. The number of hydrogen-bond donors (Lipinski definition) is 4. The second kappa shape index (κ2) is 19.7. The van der Waals surface area contributed by atoms with Gasteiger partial charge >= 0.3 is 0 Å². The molecule has 0 aliphatic carbocycles. The molecule has 0 amide bonds. The normalized spacial score (nSPS) is 11.6. The minimum Gasteiger partial charge on any atom is -0.396 e. The lowest BCUT2D eigenvalue weighted by atomic mass is 10.3. The van der Waals surface area contributed by atoms with Crippen molar-refractivity contribution in [1.82, 2.24) is 19.9 Å². The molecule has 0 fully saturated rings. The summed E-state index contributed by atoms with van der Waals surface area (Å²) in [6, 6.07) is 0. The quantitative estimate of drug-likeness (QED) is 0.0826. The number of aliphatic hydroxyl groups excluding tert-OH is 4. The zero-order valence-electron chi connectivity index (χ0n) is 24.3. The van der Waals surface area contributed by atoms with E-state index in [9.17, 15) is 10.2 Å². The van der Waals surface area contributed by atoms with E-state index in [1.807, 2.05) is 10.8 Å². The Kier molecular flexibility index (Phi) is 15.7. The SMILES string of the molecule is OCCCOCc1csc(-c2nc(COCCCO)c(-c3sc(-c4nc(COCCCO)cs4)nc3COCCCO)s2)n1. The van der Waals surface area contributed by atoms with Gasteiger partial charge in [0.1, 0.15) is 0 Å². The van der Waals surface area contributed by atoms with Crippen molar-refractivity contribution < 1.29 is 39.4 Å². The maximum Gasteiger partial charge on any atom is 0.153 e. The number of aliphatic hydroxyl groups is 4. The Labute approximate surface area is 272 Å². The average Bonchev–Trinajstić information content (AvgIpc) is 3.84. The van der Waals surface area contributed by atoms with E-state index in [0.29, 0.717) is 65.3 Å². The molecule has 4 aromatic heterocycles. The first-order valence-corrected chi connectivity index (χ1v) is 17.7. The summed E-state index contributed by atoms with van der Waals surface area (Å²) in [6.07, 6.45) is 2.22. The number of nitrogens with zero attached hydrogens (tertiary/aromatic N) is 4. The summed E-state index contributed by atoms with van der Waals surface area (Å²) in [5, 5.41) is 43.3. The Bertz CT molecular complexity index is 1270. The van der Waals surface area contributed by atoms with Gasteiger partial charge in [0.05, 0.1) is 59.0 Å². The Morgan fingerprint density at radius 3 is 1.20 bits per heavy atom. The molecule has 0 aliphatic rings. The van der Waals surface area contributed by atoms with Crippen LogP contribution >= 0.6 is 45.3 Å². The lowest BCUT2D eigenvalue weighted by molar-refractivity contribution is 0.101. The zero-order chi connectivity index (χ0) is 31.0. The predicted octanol–water partition coefficient (Wildman–Crippen LogP) is 4.11. The van der Waals surface area contributed by atoms with Crippen molar-refractivity contribution in [1.29, 1.82) is 0 Å². The Balaban J connectivity index is 1.62. The molecule has 4 heterocycles. The number of thiazole rings is 4. The van der Waals surface area contributed by atoms with Gasteiger partial charge in [0, 0.05) is 63.6 Å². The molecule has 4 rings (SSSR count). The van der Waals surface area contributed by atoms with Crippen molar-refractivity contribution in [3.8, 4) is 29.8 Å². The molecule has 12 nitrogen and oxygen atoms in total. The first-order valence-electron chi connectivity index (χ1n) is 14.3. The molecule has 44 heavy (non-hydrogen) atoms. The van der Waals surface area contributed by atoms with Gasteiger partial charge < -0.3 is 39.4 Å². The van der Waals surface area contributed by atoms with Crippen LogP contribution < -0.4 is 0 Å². The lowest BCUT2D eigenvalue weighted by Gasteiger charge is -2.05. The van der Waals surface area contributed by atoms with Crippen molar-refractivity contribution in [3.05, 3.63) is 33.5 Å². The van der Waals surface area contributed by atoms with Gasteiger partial charge in [-0.15, -0.1) is 45.3 Å². The molecule has 0 bridgehead atoms. The summed E-state index contributed by atoms with van der Waals surface area (Å²) < 4.78 is 22.9. The van der Waals surface area contributed by atoms with Crippen LogP contribution in [0.15, 0.2) is 10.8 Å². The van der Waals surface area contributed by atoms with Crippen LogP contribution in [0.3, 0.4) is 0 Å². The van der Waals surface area contributed by atoms with Crippen molar-refractivity contribution in [2.24, 2.45) is 0 Å². The van der Waals surface area contributed by atoms with Crippen molar-refractivity contribution in [2.45, 2.75) is 52.1 Å². The number of aromatic nitrogens is 4. The van der Waals surface area contributed by atoms with Crippen molar-refractivity contribution >= 4 is 45.3 Å². The second-order valence-electron chi connectivity index (χ2n) is 9.40. The average molecular weight is 687 g/mol. The third-order valence-corrected chi connectivity index (χ3v) is 10.3. The van der Waals surface area contributed by atoms with E-state index in [1.54, 1.807) is 0 Å². The van der Waals surface area contributed by atoms with Gasteiger partial charge in [0.25, 0.3) is 0 Å². The van der Waals surface area contributed by atoms with Crippen LogP contribution in [0, 0.1) is 0 Å². The minimum absolute atomic E-state index is 0.0489. The predicted molar refractivity (Wildman–Crippen MR) is 171 cm³/mol. The van der Waals surface area contributed by atoms with E-state index < -0.39 is 0 Å². The lowest BCUT2D eigenvalue weighted by Crippen LogP contribution is -2.01. The third-order valence-electron chi connectivity index (χ3n) is 5.83. The summed E-state index contributed by atoms with van der Waals surface area (Å²) >= 11 is 6.01. The molecule has 242 valence electrons. The number of rotatable bonds is 23. The fraction of sp³-hybridized carbons (Fsp3) is 0.571. The molecule has 4 aromatic rings. The van der Waals surface area contributed by atoms with Crippen molar-refractivity contribution in [2.75, 3.05) is 52.9 Å². The van der Waals surface area contributed by atoms with Gasteiger partial charge in [-0.05, 0) is 25.7 Å². The smallest absolute Gasteiger partial charge is 0.153 e. The fourth-order valence-corrected chi connectivity index (χ4v) is 7.73. The van der Waals surface area contributed by atoms with E-state index in [0.717, 1.165) is 52.6 Å². The van der Waals surface area contributed by atoms with E-state index in [1.165, 1.54) is 45.3 Å². The Morgan fingerprint density at radius 2 is 0.841 bits per heavy atom. The van der Waals surface area contributed by atoms with Gasteiger partial charge in [-0.1, -0.05) is 0 Å². The topological polar surface area (TPSA) is 169 Å². The zero-order valence-corrected chi connectivity index (χ0v) is 27.6. The first kappa shape index (κ1) is 35.1. The molecule has 0 radical (unpaired) electrons. The molecule has 0 unspecified atom stereocenters. The van der Waals surface area contributed by atoms with E-state index in [4.69, 9.17) is 49.1 Å². The highest BCUT2D eigenvalue weighted by molar-refractivity contribution is 7.27. The molecule has 0 saturated carbocycles. The molecule has 4 N–H and O–H groups in total. The van der Waals surface area contributed by atoms with Crippen molar-refractivity contribution in [3.63, 3.8) is 0 Å². The Hall–Kier alpha value is -1.80. The van der Waals surface area contributed by atoms with Crippen LogP contribution in [-0.2, 0) is 45.4 Å². The molecule has 0 atom stereocenters. The monoisotopic (exact) mass is 686 g/mol. The van der Waals surface area contributed by atoms with Gasteiger partial charge in [-0.25, -0.2) is 19.9 Å². The minimum atomic E-state index is 0.0489. The standard InChI is InChI=1S/C28H38N4O8S4/c33-5-1-9-37-13-19-17-41-25(29-19)27-31-21(15-39-11-3-7-35)23(43-27)24-22(16-40-12-4-8-36)32-28(44-24)26-30-20(18-42-26)14-38-10-2-6-34/h17-18,33-36H,1-16H2. The molecule has 0 aliphatic heterocycles. The van der Waals surface area contributed by atoms with Crippen LogP contribution in [0.4, 0.5) is 0 Å². The van der Waals surface area contributed by atoms with Gasteiger partial charge in [-0.3, -0.25) is 0 Å². The number of ether oxygens (including phenoxy) is 4. The first-order chi connectivity index (χ1) is 21.7. The van der Waals surface area contributed by atoms with Gasteiger partial charge in [0.2, 0.25) is 0 Å². The summed E-state index contributed by atoms with van der Waals surface area (Å²) in [5.41, 5.74) is 3.11. The van der Waals surface area contributed by atoms with E-state index in [2.05, 4.69) is 0 Å². The van der Waals surface area contributed by atoms with Crippen LogP contribution in [0.2, 0.25) is 0 Å². The maximum absolute atomic E-state index is 9.20. The highest BCUT2D eigenvalue weighted by Crippen LogP contribution is 2.44. The summed E-state index contributed by atoms with van der Waals surface area (Å²) in [4.78, 5) is 21.1. The van der Waals surface area contributed by atoms with E-state index in [-0.39, 0.29) is 39.6 Å². The summed E-state index contributed by atoms with van der Waals surface area (Å²) in [7, 11) is 0. The van der Waals surface area contributed by atoms with Crippen LogP contribution in [0.5, 0.6) is 0 Å². The Morgan fingerprint density at radius 1 is 0.477 bits per heavy atom. The van der Waals surface area contributed by atoms with E-state index >= 15 is 0 Å². The molecule has 0 aromatic carbocycles. The second-order valence-corrected chi connectivity index (χ2v) is 13.1. The van der Waals surface area contributed by atoms with Gasteiger partial charge in [-0.2, -0.15) is 0 Å². The highest BCUT2D eigenvalue weighted by atomic mass is 32.1. The van der Waals surface area contributed by atoms with Crippen LogP contribution in [0.25, 0.3) is 29.8 Å². The summed E-state index contributed by atoms with van der Waals surface area (Å²) in [6.45, 7) is 3.27. The maximum atomic E-state index is 9.20. The third kappa shape index (κ3) is 10.6. The largest absolute Gasteiger partial charge is 0.396 e. The van der Waals surface area contributed by atoms with Crippen LogP contribution in [-0.4, -0.2) is 93.2 Å². The highest BCUT2D eigenvalue weighted by Gasteiger charge is 2.24. The molecule has 16 heteroatoms. The molecular formula is C28H38N4O8S4. The van der Waals surface area contributed by atoms with Crippen LogP contribution in [0.1, 0.15) is 48.5 Å². The van der Waals surface area contributed by atoms with Gasteiger partial charge in [0.15, 0.2) is 20.0 Å². The fourth-order valence-electron chi connectivity index (χ4n) is 3.74. The molecule has 0 saturated heterocycles. The molecule has 0 spiro atoms. The molecular weight excluding hydrogens is 649 g/mol. The number of hydrogen-bond acceptors (Lipinski definition) is 16.